The predicted molar refractivity (Wildman–Crippen MR) is 68.2 cm³/mol. The quantitative estimate of drug-likeness (QED) is 0.796. The summed E-state index contributed by atoms with van der Waals surface area (Å²) in [5, 5.41) is 13.1. The van der Waals surface area contributed by atoms with Crippen molar-refractivity contribution < 1.29 is 9.90 Å². The SMILES string of the molecule is CC(C)CN(CC(=O)O)Cc1ncnn1C(C)C. The van der Waals surface area contributed by atoms with Gasteiger partial charge in [0.2, 0.25) is 0 Å². The summed E-state index contributed by atoms with van der Waals surface area (Å²) in [4.78, 5) is 16.9. The van der Waals surface area contributed by atoms with Gasteiger partial charge in [0, 0.05) is 12.6 Å². The van der Waals surface area contributed by atoms with Crippen LogP contribution in [0.2, 0.25) is 0 Å². The molecule has 1 aromatic rings. The lowest BCUT2D eigenvalue weighted by Gasteiger charge is -2.22. The maximum atomic E-state index is 10.9. The number of nitrogens with zero attached hydrogens (tertiary/aromatic N) is 4. The van der Waals surface area contributed by atoms with Gasteiger partial charge in [0.15, 0.2) is 0 Å². The predicted octanol–water partition coefficient (Wildman–Crippen LogP) is 1.40. The molecule has 0 atom stereocenters. The van der Waals surface area contributed by atoms with E-state index in [-0.39, 0.29) is 12.6 Å². The number of hydrogen-bond acceptors (Lipinski definition) is 4. The van der Waals surface area contributed by atoms with Gasteiger partial charge in [-0.25, -0.2) is 9.67 Å². The van der Waals surface area contributed by atoms with Crippen LogP contribution in [0, 0.1) is 5.92 Å². The Morgan fingerprint density at radius 3 is 2.61 bits per heavy atom. The summed E-state index contributed by atoms with van der Waals surface area (Å²) in [5.74, 6) is 0.415. The lowest BCUT2D eigenvalue weighted by molar-refractivity contribution is -0.138. The summed E-state index contributed by atoms with van der Waals surface area (Å²) in [6.45, 7) is 9.48. The molecule has 102 valence electrons. The molecular weight excluding hydrogens is 232 g/mol. The zero-order valence-electron chi connectivity index (χ0n) is 11.5. The number of rotatable bonds is 7. The first-order valence-corrected chi connectivity index (χ1v) is 6.22. The van der Waals surface area contributed by atoms with Crippen molar-refractivity contribution >= 4 is 5.97 Å². The molecule has 0 fully saturated rings. The second kappa shape index (κ2) is 6.49. The number of hydrogen-bond donors (Lipinski definition) is 1. The van der Waals surface area contributed by atoms with Crippen LogP contribution in [0.1, 0.15) is 39.6 Å². The van der Waals surface area contributed by atoms with Crippen molar-refractivity contribution in [2.45, 2.75) is 40.3 Å². The molecule has 0 amide bonds. The van der Waals surface area contributed by atoms with Crippen LogP contribution in [0.5, 0.6) is 0 Å². The lowest BCUT2D eigenvalue weighted by Crippen LogP contribution is -2.33. The maximum absolute atomic E-state index is 10.9. The Bertz CT molecular complexity index is 387. The van der Waals surface area contributed by atoms with Crippen LogP contribution >= 0.6 is 0 Å². The zero-order valence-corrected chi connectivity index (χ0v) is 11.5. The van der Waals surface area contributed by atoms with Gasteiger partial charge in [0.1, 0.15) is 12.2 Å². The minimum Gasteiger partial charge on any atom is -0.480 e. The molecule has 0 saturated heterocycles. The topological polar surface area (TPSA) is 71.2 Å². The molecule has 6 heteroatoms. The normalized spacial score (nSPS) is 11.7. The third kappa shape index (κ3) is 4.44. The number of aliphatic carboxylic acids is 1. The van der Waals surface area contributed by atoms with E-state index in [4.69, 9.17) is 5.11 Å². The molecule has 18 heavy (non-hydrogen) atoms. The average molecular weight is 254 g/mol. The van der Waals surface area contributed by atoms with Crippen LogP contribution in [0.25, 0.3) is 0 Å². The molecule has 0 aliphatic carbocycles. The van der Waals surface area contributed by atoms with Crippen LogP contribution < -0.4 is 0 Å². The van der Waals surface area contributed by atoms with E-state index in [2.05, 4.69) is 23.9 Å². The van der Waals surface area contributed by atoms with Crippen molar-refractivity contribution in [3.8, 4) is 0 Å². The molecule has 1 heterocycles. The van der Waals surface area contributed by atoms with Gasteiger partial charge in [-0.05, 0) is 19.8 Å². The number of carboxylic acids is 1. The van der Waals surface area contributed by atoms with Gasteiger partial charge < -0.3 is 5.11 Å². The Balaban J connectivity index is 2.75. The summed E-state index contributed by atoms with van der Waals surface area (Å²) < 4.78 is 1.83. The highest BCUT2D eigenvalue weighted by Gasteiger charge is 2.16. The van der Waals surface area contributed by atoms with Crippen molar-refractivity contribution in [2.75, 3.05) is 13.1 Å². The molecular formula is C12H22N4O2. The van der Waals surface area contributed by atoms with Gasteiger partial charge in [-0.15, -0.1) is 0 Å². The van der Waals surface area contributed by atoms with Crippen LogP contribution in [0.4, 0.5) is 0 Å². The highest BCUT2D eigenvalue weighted by Crippen LogP contribution is 2.09. The third-order valence-corrected chi connectivity index (χ3v) is 2.48. The minimum absolute atomic E-state index is 0.0309. The molecule has 0 spiro atoms. The molecule has 1 rings (SSSR count). The van der Waals surface area contributed by atoms with Gasteiger partial charge in [0.25, 0.3) is 0 Å². The van der Waals surface area contributed by atoms with Crippen LogP contribution in [-0.4, -0.2) is 43.8 Å². The van der Waals surface area contributed by atoms with E-state index in [1.165, 1.54) is 6.33 Å². The molecule has 0 radical (unpaired) electrons. The van der Waals surface area contributed by atoms with Gasteiger partial charge in [-0.3, -0.25) is 9.69 Å². The fourth-order valence-electron chi connectivity index (χ4n) is 1.91. The van der Waals surface area contributed by atoms with E-state index in [0.717, 1.165) is 12.4 Å². The monoisotopic (exact) mass is 254 g/mol. The number of aromatic nitrogens is 3. The second-order valence-corrected chi connectivity index (χ2v) is 5.17. The standard InChI is InChI=1S/C12H22N4O2/c1-9(2)5-15(7-12(17)18)6-11-13-8-14-16(11)10(3)4/h8-10H,5-7H2,1-4H3,(H,17,18). The van der Waals surface area contributed by atoms with E-state index < -0.39 is 5.97 Å². The molecule has 0 aromatic carbocycles. The molecule has 0 aliphatic rings. The van der Waals surface area contributed by atoms with Crippen molar-refractivity contribution in [1.29, 1.82) is 0 Å². The first kappa shape index (κ1) is 14.6. The summed E-state index contributed by atoms with van der Waals surface area (Å²) in [6, 6.07) is 0.230. The fourth-order valence-corrected chi connectivity index (χ4v) is 1.91. The average Bonchev–Trinajstić information content (AvgIpc) is 2.63. The molecule has 0 aliphatic heterocycles. The third-order valence-electron chi connectivity index (χ3n) is 2.48. The van der Waals surface area contributed by atoms with E-state index in [9.17, 15) is 4.79 Å². The summed E-state index contributed by atoms with van der Waals surface area (Å²) in [5.41, 5.74) is 0. The molecule has 1 aromatic heterocycles. The summed E-state index contributed by atoms with van der Waals surface area (Å²) in [6.07, 6.45) is 1.52. The zero-order chi connectivity index (χ0) is 13.7. The highest BCUT2D eigenvalue weighted by molar-refractivity contribution is 5.69. The first-order chi connectivity index (χ1) is 8.40. The Labute approximate surface area is 108 Å². The molecule has 6 nitrogen and oxygen atoms in total. The van der Waals surface area contributed by atoms with Crippen molar-refractivity contribution in [1.82, 2.24) is 19.7 Å². The largest absolute Gasteiger partial charge is 0.480 e. The van der Waals surface area contributed by atoms with Crippen LogP contribution in [-0.2, 0) is 11.3 Å². The van der Waals surface area contributed by atoms with Crippen molar-refractivity contribution in [3.63, 3.8) is 0 Å². The maximum Gasteiger partial charge on any atom is 0.317 e. The Morgan fingerprint density at radius 1 is 1.44 bits per heavy atom. The fraction of sp³-hybridized carbons (Fsp3) is 0.750. The molecule has 1 N–H and O–H groups in total. The van der Waals surface area contributed by atoms with Crippen LogP contribution in [0.15, 0.2) is 6.33 Å². The van der Waals surface area contributed by atoms with E-state index in [0.29, 0.717) is 12.5 Å². The first-order valence-electron chi connectivity index (χ1n) is 6.22. The van der Waals surface area contributed by atoms with Crippen molar-refractivity contribution in [2.24, 2.45) is 5.92 Å². The number of carbonyl (C=O) groups is 1. The summed E-state index contributed by atoms with van der Waals surface area (Å²) in [7, 11) is 0. The van der Waals surface area contributed by atoms with E-state index >= 15 is 0 Å². The minimum atomic E-state index is -0.814. The van der Waals surface area contributed by atoms with Gasteiger partial charge in [-0.2, -0.15) is 5.10 Å². The van der Waals surface area contributed by atoms with E-state index in [1.807, 2.05) is 23.4 Å². The Kier molecular flexibility index (Phi) is 5.27. The van der Waals surface area contributed by atoms with Gasteiger partial charge >= 0.3 is 5.97 Å². The van der Waals surface area contributed by atoms with E-state index in [1.54, 1.807) is 0 Å². The highest BCUT2D eigenvalue weighted by atomic mass is 16.4. The van der Waals surface area contributed by atoms with Gasteiger partial charge in [0.05, 0.1) is 13.1 Å². The molecule has 0 bridgehead atoms. The van der Waals surface area contributed by atoms with Crippen LogP contribution in [0.3, 0.4) is 0 Å². The molecule has 0 unspecified atom stereocenters. The Morgan fingerprint density at radius 2 is 2.11 bits per heavy atom. The molecule has 0 saturated carbocycles. The lowest BCUT2D eigenvalue weighted by atomic mass is 10.2. The second-order valence-electron chi connectivity index (χ2n) is 5.17. The Hall–Kier alpha value is -1.43. The van der Waals surface area contributed by atoms with Crippen molar-refractivity contribution in [3.05, 3.63) is 12.2 Å². The van der Waals surface area contributed by atoms with Gasteiger partial charge in [-0.1, -0.05) is 13.8 Å². The summed E-state index contributed by atoms with van der Waals surface area (Å²) >= 11 is 0. The smallest absolute Gasteiger partial charge is 0.317 e. The number of carboxylic acid groups (broad SMARTS) is 1.